The molecule has 4 nitrogen and oxygen atoms in total. The van der Waals surface area contributed by atoms with Crippen LogP contribution >= 0.6 is 11.6 Å². The fraction of sp³-hybridized carbons (Fsp3) is 0.714. The van der Waals surface area contributed by atoms with Gasteiger partial charge in [-0.05, 0) is 34.1 Å². The lowest BCUT2D eigenvalue weighted by molar-refractivity contribution is -0.127. The van der Waals surface area contributed by atoms with Gasteiger partial charge in [0.15, 0.2) is 5.78 Å². The summed E-state index contributed by atoms with van der Waals surface area (Å²) < 4.78 is 7.29. The van der Waals surface area contributed by atoms with Crippen LogP contribution in [-0.4, -0.2) is 27.8 Å². The van der Waals surface area contributed by atoms with Gasteiger partial charge in [-0.1, -0.05) is 18.5 Å². The average Bonchev–Trinajstić information content (AvgIpc) is 2.63. The summed E-state index contributed by atoms with van der Waals surface area (Å²) in [5, 5.41) is 5.02. The molecule has 0 saturated heterocycles. The van der Waals surface area contributed by atoms with Crippen molar-refractivity contribution in [2.75, 3.05) is 6.61 Å². The summed E-state index contributed by atoms with van der Waals surface area (Å²) in [6.07, 6.45) is 1.04. The Hall–Kier alpha value is -0.870. The van der Waals surface area contributed by atoms with Crippen LogP contribution in [-0.2, 0) is 28.9 Å². The molecule has 0 aliphatic carbocycles. The quantitative estimate of drug-likeness (QED) is 0.807. The lowest BCUT2D eigenvalue weighted by Crippen LogP contribution is -2.25. The molecule has 5 heteroatoms. The van der Waals surface area contributed by atoms with Crippen molar-refractivity contribution >= 4 is 17.4 Å². The third kappa shape index (κ3) is 4.62. The van der Waals surface area contributed by atoms with Crippen molar-refractivity contribution in [3.05, 3.63) is 16.4 Å². The van der Waals surface area contributed by atoms with Gasteiger partial charge in [-0.3, -0.25) is 9.48 Å². The lowest BCUT2D eigenvalue weighted by atomic mass is 10.1. The third-order valence-corrected chi connectivity index (χ3v) is 3.16. The topological polar surface area (TPSA) is 44.1 Å². The number of aromatic nitrogens is 2. The number of rotatable bonds is 6. The first kappa shape index (κ1) is 16.2. The van der Waals surface area contributed by atoms with Crippen LogP contribution in [0.25, 0.3) is 0 Å². The van der Waals surface area contributed by atoms with E-state index in [1.165, 1.54) is 0 Å². The minimum absolute atomic E-state index is 0.0223. The molecular formula is C14H23ClN2O2. The first-order chi connectivity index (χ1) is 8.78. The van der Waals surface area contributed by atoms with Crippen LogP contribution < -0.4 is 0 Å². The Bertz CT molecular complexity index is 447. The van der Waals surface area contributed by atoms with E-state index in [-0.39, 0.29) is 24.4 Å². The molecule has 1 rings (SSSR count). The zero-order valence-corrected chi connectivity index (χ0v) is 13.2. The minimum Gasteiger partial charge on any atom is -0.368 e. The van der Waals surface area contributed by atoms with Gasteiger partial charge in [0.25, 0.3) is 0 Å². The van der Waals surface area contributed by atoms with Crippen LogP contribution in [0.2, 0.25) is 5.02 Å². The Balaban J connectivity index is 2.76. The summed E-state index contributed by atoms with van der Waals surface area (Å²) in [7, 11) is 0. The van der Waals surface area contributed by atoms with E-state index in [1.54, 1.807) is 4.68 Å². The predicted molar refractivity (Wildman–Crippen MR) is 76.7 cm³/mol. The van der Waals surface area contributed by atoms with Gasteiger partial charge in [0.05, 0.1) is 28.4 Å². The van der Waals surface area contributed by atoms with E-state index in [4.69, 9.17) is 16.3 Å². The van der Waals surface area contributed by atoms with Crippen molar-refractivity contribution in [1.29, 1.82) is 0 Å². The highest BCUT2D eigenvalue weighted by molar-refractivity contribution is 6.32. The SMILES string of the molecule is CCc1nn(CC)c(CC(=O)COC(C)(C)C)c1Cl. The highest BCUT2D eigenvalue weighted by Crippen LogP contribution is 2.22. The zero-order chi connectivity index (χ0) is 14.6. The Morgan fingerprint density at radius 2 is 2.00 bits per heavy atom. The molecule has 0 aliphatic rings. The van der Waals surface area contributed by atoms with Gasteiger partial charge in [0.1, 0.15) is 6.61 Å². The first-order valence-electron chi connectivity index (χ1n) is 6.68. The van der Waals surface area contributed by atoms with Crippen molar-refractivity contribution in [3.8, 4) is 0 Å². The van der Waals surface area contributed by atoms with Gasteiger partial charge in [0, 0.05) is 6.54 Å². The van der Waals surface area contributed by atoms with Gasteiger partial charge in [-0.25, -0.2) is 0 Å². The number of ether oxygens (including phenoxy) is 1. The van der Waals surface area contributed by atoms with Crippen molar-refractivity contribution < 1.29 is 9.53 Å². The van der Waals surface area contributed by atoms with Gasteiger partial charge < -0.3 is 4.74 Å². The summed E-state index contributed by atoms with van der Waals surface area (Å²) in [4.78, 5) is 12.0. The number of carbonyl (C=O) groups is 1. The molecule has 0 bridgehead atoms. The van der Waals surface area contributed by atoms with Crippen LogP contribution in [0, 0.1) is 0 Å². The second kappa shape index (κ2) is 6.53. The fourth-order valence-electron chi connectivity index (χ4n) is 1.72. The van der Waals surface area contributed by atoms with Crippen LogP contribution in [0.5, 0.6) is 0 Å². The minimum atomic E-state index is -0.307. The summed E-state index contributed by atoms with van der Waals surface area (Å²) >= 11 is 6.27. The van der Waals surface area contributed by atoms with Crippen LogP contribution in [0.4, 0.5) is 0 Å². The summed E-state index contributed by atoms with van der Waals surface area (Å²) in [6.45, 7) is 10.6. The van der Waals surface area contributed by atoms with E-state index in [2.05, 4.69) is 5.10 Å². The van der Waals surface area contributed by atoms with Gasteiger partial charge in [-0.2, -0.15) is 5.10 Å². The van der Waals surface area contributed by atoms with Gasteiger partial charge in [0.2, 0.25) is 0 Å². The summed E-state index contributed by atoms with van der Waals surface area (Å²) in [5.41, 5.74) is 1.34. The largest absolute Gasteiger partial charge is 0.368 e. The molecule has 0 spiro atoms. The van der Waals surface area contributed by atoms with Gasteiger partial charge >= 0.3 is 0 Å². The number of hydrogen-bond donors (Lipinski definition) is 0. The summed E-state index contributed by atoms with van der Waals surface area (Å²) in [6, 6.07) is 0. The third-order valence-electron chi connectivity index (χ3n) is 2.72. The zero-order valence-electron chi connectivity index (χ0n) is 12.4. The van der Waals surface area contributed by atoms with Crippen molar-refractivity contribution in [3.63, 3.8) is 0 Å². The first-order valence-corrected chi connectivity index (χ1v) is 7.06. The Morgan fingerprint density at radius 1 is 1.37 bits per heavy atom. The highest BCUT2D eigenvalue weighted by Gasteiger charge is 2.19. The average molecular weight is 287 g/mol. The van der Waals surface area contributed by atoms with E-state index >= 15 is 0 Å². The number of Topliss-reactive ketones (excluding diaryl/α,β-unsaturated/α-hetero) is 1. The smallest absolute Gasteiger partial charge is 0.164 e. The molecule has 0 saturated carbocycles. The molecule has 0 radical (unpaired) electrons. The number of aryl methyl sites for hydroxylation is 2. The van der Waals surface area contributed by atoms with E-state index < -0.39 is 0 Å². The molecule has 0 atom stereocenters. The molecule has 19 heavy (non-hydrogen) atoms. The molecule has 1 heterocycles. The summed E-state index contributed by atoms with van der Waals surface area (Å²) in [5.74, 6) is 0.0223. The highest BCUT2D eigenvalue weighted by atomic mass is 35.5. The van der Waals surface area contributed by atoms with E-state index in [0.29, 0.717) is 11.6 Å². The lowest BCUT2D eigenvalue weighted by Gasteiger charge is -2.18. The monoisotopic (exact) mass is 286 g/mol. The van der Waals surface area contributed by atoms with Crippen LogP contribution in [0.3, 0.4) is 0 Å². The molecule has 0 amide bonds. The van der Waals surface area contributed by atoms with Crippen LogP contribution in [0.1, 0.15) is 46.0 Å². The van der Waals surface area contributed by atoms with E-state index in [9.17, 15) is 4.79 Å². The number of carbonyl (C=O) groups excluding carboxylic acids is 1. The Kier molecular flexibility index (Phi) is 5.56. The van der Waals surface area contributed by atoms with Crippen LogP contribution in [0.15, 0.2) is 0 Å². The second-order valence-corrected chi connectivity index (χ2v) is 5.87. The van der Waals surface area contributed by atoms with Crippen molar-refractivity contribution in [2.24, 2.45) is 0 Å². The molecule has 108 valence electrons. The molecule has 0 unspecified atom stereocenters. The molecular weight excluding hydrogens is 264 g/mol. The standard InChI is InChI=1S/C14H23ClN2O2/c1-6-11-13(15)12(17(7-2)16-11)8-10(18)9-19-14(3,4)5/h6-9H2,1-5H3. The maximum Gasteiger partial charge on any atom is 0.164 e. The van der Waals surface area contributed by atoms with E-state index in [1.807, 2.05) is 34.6 Å². The van der Waals surface area contributed by atoms with E-state index in [0.717, 1.165) is 17.8 Å². The number of nitrogens with zero attached hydrogens (tertiary/aromatic N) is 2. The predicted octanol–water partition coefficient (Wildman–Crippen LogP) is 3.05. The Labute approximate surface area is 120 Å². The maximum absolute atomic E-state index is 12.0. The number of ketones is 1. The molecule has 0 N–H and O–H groups in total. The molecule has 0 aromatic carbocycles. The molecule has 1 aromatic rings. The second-order valence-electron chi connectivity index (χ2n) is 5.49. The maximum atomic E-state index is 12.0. The normalized spacial score (nSPS) is 11.9. The molecule has 1 aromatic heterocycles. The van der Waals surface area contributed by atoms with Crippen molar-refractivity contribution in [2.45, 2.75) is 59.6 Å². The van der Waals surface area contributed by atoms with Crippen molar-refractivity contribution in [1.82, 2.24) is 9.78 Å². The number of halogens is 1. The fourth-order valence-corrected chi connectivity index (χ4v) is 2.06. The molecule has 0 fully saturated rings. The number of hydrogen-bond acceptors (Lipinski definition) is 3. The van der Waals surface area contributed by atoms with Gasteiger partial charge in [-0.15, -0.1) is 0 Å². The Morgan fingerprint density at radius 3 is 2.47 bits per heavy atom. The molecule has 0 aliphatic heterocycles.